The van der Waals surface area contributed by atoms with Crippen molar-refractivity contribution in [3.05, 3.63) is 42.9 Å². The van der Waals surface area contributed by atoms with Gasteiger partial charge in [0.1, 0.15) is 0 Å². The Morgan fingerprint density at radius 2 is 2.17 bits per heavy atom. The molecule has 0 aromatic carbocycles. The third kappa shape index (κ3) is 2.90. The topological polar surface area (TPSA) is 82.3 Å². The van der Waals surface area contributed by atoms with Crippen LogP contribution in [0.4, 0.5) is 0 Å². The number of nitrogens with zero attached hydrogens (tertiary/aromatic N) is 5. The van der Waals surface area contributed by atoms with Gasteiger partial charge in [-0.05, 0) is 0 Å². The third-order valence-corrected chi connectivity index (χ3v) is 5.85. The lowest BCUT2D eigenvalue weighted by Crippen LogP contribution is -2.42. The molecule has 3 heterocycles. The molecular formula is C15H21N5O3S. The molecule has 1 aliphatic rings. The lowest BCUT2D eigenvalue weighted by atomic mass is 10.1. The second-order valence-corrected chi connectivity index (χ2v) is 7.61. The summed E-state index contributed by atoms with van der Waals surface area (Å²) in [7, 11) is -0.104. The van der Waals surface area contributed by atoms with Gasteiger partial charge in [0.05, 0.1) is 43.3 Å². The van der Waals surface area contributed by atoms with Crippen LogP contribution in [0.3, 0.4) is 0 Å². The van der Waals surface area contributed by atoms with E-state index in [-0.39, 0.29) is 11.6 Å². The van der Waals surface area contributed by atoms with Crippen molar-refractivity contribution in [2.75, 3.05) is 19.8 Å². The molecule has 0 aliphatic carbocycles. The molecule has 24 heavy (non-hydrogen) atoms. The smallest absolute Gasteiger partial charge is 0.262 e. The fourth-order valence-corrected chi connectivity index (χ4v) is 4.52. The van der Waals surface area contributed by atoms with Gasteiger partial charge in [-0.25, -0.2) is 18.4 Å². The summed E-state index contributed by atoms with van der Waals surface area (Å²) in [6.07, 6.45) is 6.91. The van der Waals surface area contributed by atoms with Gasteiger partial charge in [0.25, 0.3) is 10.0 Å². The maximum Gasteiger partial charge on any atom is 0.262 e. The average molecular weight is 351 g/mol. The van der Waals surface area contributed by atoms with E-state index in [1.165, 1.54) is 16.8 Å². The zero-order valence-electron chi connectivity index (χ0n) is 13.8. The van der Waals surface area contributed by atoms with Crippen LogP contribution in [-0.4, -0.2) is 51.6 Å². The first kappa shape index (κ1) is 16.9. The molecule has 8 nitrogen and oxygen atoms in total. The van der Waals surface area contributed by atoms with Crippen molar-refractivity contribution in [1.29, 1.82) is 0 Å². The molecule has 1 aliphatic heterocycles. The van der Waals surface area contributed by atoms with Gasteiger partial charge in [0.2, 0.25) is 0 Å². The Morgan fingerprint density at radius 3 is 2.83 bits per heavy atom. The van der Waals surface area contributed by atoms with Gasteiger partial charge in [0, 0.05) is 33.3 Å². The number of aromatic nitrogens is 4. The molecule has 0 saturated heterocycles. The summed E-state index contributed by atoms with van der Waals surface area (Å²) in [4.78, 5) is 8.39. The van der Waals surface area contributed by atoms with E-state index in [0.717, 1.165) is 11.4 Å². The SMILES string of the molecule is C=CCOC[C@H]1c2c(ncn2C)CCN1S(=O)(=O)c1cn(C)cn1. The molecule has 2 aromatic rings. The Hall–Kier alpha value is -1.97. The van der Waals surface area contributed by atoms with Crippen LogP contribution < -0.4 is 0 Å². The minimum Gasteiger partial charge on any atom is -0.375 e. The van der Waals surface area contributed by atoms with Crippen LogP contribution in [0, 0.1) is 0 Å². The molecule has 9 heteroatoms. The number of fused-ring (bicyclic) bond motifs is 1. The highest BCUT2D eigenvalue weighted by Gasteiger charge is 2.39. The number of imidazole rings is 2. The largest absolute Gasteiger partial charge is 0.375 e. The molecule has 130 valence electrons. The van der Waals surface area contributed by atoms with Gasteiger partial charge in [-0.2, -0.15) is 4.31 Å². The molecule has 0 unspecified atom stereocenters. The molecule has 0 saturated carbocycles. The second-order valence-electron chi connectivity index (χ2n) is 5.77. The summed E-state index contributed by atoms with van der Waals surface area (Å²) in [6.45, 7) is 4.58. The minimum absolute atomic E-state index is 0.0457. The summed E-state index contributed by atoms with van der Waals surface area (Å²) in [5.74, 6) is 0. The second kappa shape index (κ2) is 6.50. The number of hydrogen-bond acceptors (Lipinski definition) is 5. The van der Waals surface area contributed by atoms with Crippen LogP contribution in [-0.2, 0) is 35.3 Å². The predicted molar refractivity (Wildman–Crippen MR) is 87.8 cm³/mol. The van der Waals surface area contributed by atoms with Crippen molar-refractivity contribution in [1.82, 2.24) is 23.4 Å². The standard InChI is InChI=1S/C15H21N5O3S/c1-4-7-23-9-13-15-12(16-11-19(15)3)5-6-20(13)24(21,22)14-8-18(2)10-17-14/h4,8,10-11,13H,1,5-7,9H2,2-3H3/t13-/m0/s1. The van der Waals surface area contributed by atoms with E-state index in [0.29, 0.717) is 19.6 Å². The summed E-state index contributed by atoms with van der Waals surface area (Å²) in [5.41, 5.74) is 1.78. The van der Waals surface area contributed by atoms with E-state index in [2.05, 4.69) is 16.5 Å². The summed E-state index contributed by atoms with van der Waals surface area (Å²) < 4.78 is 36.6. The molecule has 3 rings (SSSR count). The first-order valence-corrected chi connectivity index (χ1v) is 9.07. The first-order chi connectivity index (χ1) is 11.4. The number of sulfonamides is 1. The van der Waals surface area contributed by atoms with Crippen molar-refractivity contribution in [2.24, 2.45) is 14.1 Å². The Labute approximate surface area is 141 Å². The lowest BCUT2D eigenvalue weighted by Gasteiger charge is -2.34. The molecular weight excluding hydrogens is 330 g/mol. The van der Waals surface area contributed by atoms with Crippen molar-refractivity contribution >= 4 is 10.0 Å². The fourth-order valence-electron chi connectivity index (χ4n) is 2.97. The number of aryl methyl sites for hydroxylation is 2. The van der Waals surface area contributed by atoms with Crippen LogP contribution in [0.1, 0.15) is 17.4 Å². The average Bonchev–Trinajstić information content (AvgIpc) is 3.14. The van der Waals surface area contributed by atoms with Crippen molar-refractivity contribution in [3.63, 3.8) is 0 Å². The minimum atomic E-state index is -3.71. The van der Waals surface area contributed by atoms with Gasteiger partial charge in [0.15, 0.2) is 5.03 Å². The van der Waals surface area contributed by atoms with E-state index >= 15 is 0 Å². The predicted octanol–water partition coefficient (Wildman–Crippen LogP) is 0.644. The van der Waals surface area contributed by atoms with Gasteiger partial charge in [-0.15, -0.1) is 6.58 Å². The molecule has 0 spiro atoms. The van der Waals surface area contributed by atoms with Gasteiger partial charge in [-0.3, -0.25) is 0 Å². The third-order valence-electron chi connectivity index (χ3n) is 4.06. The van der Waals surface area contributed by atoms with E-state index in [1.54, 1.807) is 24.0 Å². The van der Waals surface area contributed by atoms with Crippen LogP contribution >= 0.6 is 0 Å². The maximum absolute atomic E-state index is 13.0. The van der Waals surface area contributed by atoms with E-state index < -0.39 is 16.1 Å². The number of hydrogen-bond donors (Lipinski definition) is 0. The molecule has 0 amide bonds. The van der Waals surface area contributed by atoms with Crippen LogP contribution in [0.5, 0.6) is 0 Å². The zero-order valence-corrected chi connectivity index (χ0v) is 14.6. The van der Waals surface area contributed by atoms with Crippen LogP contribution in [0.25, 0.3) is 0 Å². The maximum atomic E-state index is 13.0. The van der Waals surface area contributed by atoms with Gasteiger partial charge >= 0.3 is 0 Å². The van der Waals surface area contributed by atoms with Crippen molar-refractivity contribution in [2.45, 2.75) is 17.5 Å². The van der Waals surface area contributed by atoms with Crippen molar-refractivity contribution in [3.8, 4) is 0 Å². The molecule has 0 radical (unpaired) electrons. The van der Waals surface area contributed by atoms with Gasteiger partial charge < -0.3 is 13.9 Å². The van der Waals surface area contributed by atoms with Crippen molar-refractivity contribution < 1.29 is 13.2 Å². The fraction of sp³-hybridized carbons (Fsp3) is 0.467. The summed E-state index contributed by atoms with van der Waals surface area (Å²) >= 11 is 0. The van der Waals surface area contributed by atoms with E-state index in [4.69, 9.17) is 4.74 Å². The number of ether oxygens (including phenoxy) is 1. The van der Waals surface area contributed by atoms with E-state index in [9.17, 15) is 8.42 Å². The molecule has 1 atom stereocenters. The Bertz CT molecular complexity index is 839. The highest BCUT2D eigenvalue weighted by Crippen LogP contribution is 2.33. The highest BCUT2D eigenvalue weighted by molar-refractivity contribution is 7.89. The normalized spacial score (nSPS) is 18.5. The molecule has 2 aromatic heterocycles. The summed E-state index contributed by atoms with van der Waals surface area (Å²) in [5, 5.41) is 0.0457. The molecule has 0 fully saturated rings. The molecule has 0 bridgehead atoms. The highest BCUT2D eigenvalue weighted by atomic mass is 32.2. The van der Waals surface area contributed by atoms with E-state index in [1.807, 2.05) is 11.6 Å². The van der Waals surface area contributed by atoms with Crippen LogP contribution in [0.15, 0.2) is 36.5 Å². The monoisotopic (exact) mass is 351 g/mol. The lowest BCUT2D eigenvalue weighted by molar-refractivity contribution is 0.101. The number of rotatable bonds is 6. The van der Waals surface area contributed by atoms with Crippen LogP contribution in [0.2, 0.25) is 0 Å². The first-order valence-electron chi connectivity index (χ1n) is 7.63. The Balaban J connectivity index is 1.99. The van der Waals surface area contributed by atoms with Gasteiger partial charge in [-0.1, -0.05) is 6.08 Å². The Kier molecular flexibility index (Phi) is 4.57. The Morgan fingerprint density at radius 1 is 1.38 bits per heavy atom. The quantitative estimate of drug-likeness (QED) is 0.564. The summed E-state index contributed by atoms with van der Waals surface area (Å²) in [6, 6.07) is -0.437. The molecule has 0 N–H and O–H groups in total. The zero-order chi connectivity index (χ0) is 17.3.